The highest BCUT2D eigenvalue weighted by Gasteiger charge is 2.58. The molecule has 114 valence electrons. The zero-order valence-corrected chi connectivity index (χ0v) is 12.5. The van der Waals surface area contributed by atoms with Crippen LogP contribution in [-0.4, -0.2) is 23.1 Å². The van der Waals surface area contributed by atoms with E-state index in [9.17, 15) is 9.50 Å². The fourth-order valence-electron chi connectivity index (χ4n) is 4.16. The smallest absolute Gasteiger partial charge is 0.123 e. The lowest BCUT2D eigenvalue weighted by Crippen LogP contribution is -2.64. The molecule has 0 unspecified atom stereocenters. The van der Waals surface area contributed by atoms with E-state index in [-0.39, 0.29) is 17.7 Å². The lowest BCUT2D eigenvalue weighted by atomic mass is 9.55. The molecule has 1 N–H and O–H groups in total. The van der Waals surface area contributed by atoms with Gasteiger partial charge in [0.15, 0.2) is 0 Å². The number of aliphatic hydroxyl groups is 1. The molecule has 2 aromatic carbocycles. The monoisotopic (exact) mass is 297 g/mol. The predicted molar refractivity (Wildman–Crippen MR) is 83.6 cm³/mol. The minimum atomic E-state index is -0.763. The van der Waals surface area contributed by atoms with Crippen molar-refractivity contribution in [3.05, 3.63) is 71.5 Å². The summed E-state index contributed by atoms with van der Waals surface area (Å²) in [6.07, 6.45) is 1.07. The molecule has 0 spiro atoms. The number of halogens is 1. The van der Waals surface area contributed by atoms with Gasteiger partial charge in [0.05, 0.1) is 5.60 Å². The van der Waals surface area contributed by atoms with Gasteiger partial charge in [0.1, 0.15) is 5.82 Å². The predicted octanol–water partition coefficient (Wildman–Crippen LogP) is 3.17. The van der Waals surface area contributed by atoms with Gasteiger partial charge in [0.25, 0.3) is 0 Å². The summed E-state index contributed by atoms with van der Waals surface area (Å²) in [6, 6.07) is 16.8. The molecule has 3 fully saturated rings. The molecule has 2 saturated heterocycles. The Labute approximate surface area is 130 Å². The Morgan fingerprint density at radius 2 is 1.64 bits per heavy atom. The minimum absolute atomic E-state index is 0.248. The van der Waals surface area contributed by atoms with Crippen molar-refractivity contribution in [1.82, 2.24) is 4.90 Å². The molecule has 2 aromatic rings. The zero-order chi connectivity index (χ0) is 15.2. The van der Waals surface area contributed by atoms with Gasteiger partial charge >= 0.3 is 0 Å². The molecule has 2 heterocycles. The second kappa shape index (κ2) is 5.18. The Morgan fingerprint density at radius 1 is 1.00 bits per heavy atom. The molecule has 3 aliphatic rings. The molecule has 1 aliphatic carbocycles. The third kappa shape index (κ3) is 2.16. The van der Waals surface area contributed by atoms with Crippen molar-refractivity contribution in [2.75, 3.05) is 13.1 Å². The lowest BCUT2D eigenvalue weighted by Gasteiger charge is -2.59. The van der Waals surface area contributed by atoms with Gasteiger partial charge in [-0.25, -0.2) is 4.39 Å². The van der Waals surface area contributed by atoms with Gasteiger partial charge in [-0.1, -0.05) is 42.5 Å². The number of hydrogen-bond acceptors (Lipinski definition) is 2. The first-order chi connectivity index (χ1) is 10.7. The Bertz CT molecular complexity index is 643. The van der Waals surface area contributed by atoms with Crippen LogP contribution in [0.1, 0.15) is 17.5 Å². The van der Waals surface area contributed by atoms with E-state index in [4.69, 9.17) is 0 Å². The summed E-state index contributed by atoms with van der Waals surface area (Å²) in [5.41, 5.74) is 1.42. The summed E-state index contributed by atoms with van der Waals surface area (Å²) in [7, 11) is 0. The lowest BCUT2D eigenvalue weighted by molar-refractivity contribution is -0.205. The molecular formula is C19H20FNO. The van der Waals surface area contributed by atoms with Crippen molar-refractivity contribution < 1.29 is 9.50 Å². The third-order valence-electron chi connectivity index (χ3n) is 5.33. The molecule has 2 bridgehead atoms. The van der Waals surface area contributed by atoms with Crippen LogP contribution in [-0.2, 0) is 12.1 Å². The number of rotatable bonds is 3. The summed E-state index contributed by atoms with van der Waals surface area (Å²) in [5, 5.41) is 11.1. The van der Waals surface area contributed by atoms with Gasteiger partial charge in [-0.15, -0.1) is 0 Å². The highest BCUT2D eigenvalue weighted by Crippen LogP contribution is 2.55. The van der Waals surface area contributed by atoms with Crippen LogP contribution in [0.15, 0.2) is 54.6 Å². The Morgan fingerprint density at radius 3 is 2.27 bits per heavy atom. The summed E-state index contributed by atoms with van der Waals surface area (Å²) in [4.78, 5) is 2.42. The first kappa shape index (κ1) is 13.9. The highest BCUT2D eigenvalue weighted by atomic mass is 19.1. The van der Waals surface area contributed by atoms with Crippen LogP contribution in [0.3, 0.4) is 0 Å². The van der Waals surface area contributed by atoms with Crippen LogP contribution < -0.4 is 0 Å². The van der Waals surface area contributed by atoms with Gasteiger partial charge in [-0.05, 0) is 29.7 Å². The summed E-state index contributed by atoms with van der Waals surface area (Å²) in [6.45, 7) is 2.74. The van der Waals surface area contributed by atoms with Gasteiger partial charge in [-0.2, -0.15) is 0 Å². The Hall–Kier alpha value is -1.71. The van der Waals surface area contributed by atoms with E-state index in [1.54, 1.807) is 12.1 Å². The van der Waals surface area contributed by atoms with Crippen LogP contribution in [0.25, 0.3) is 0 Å². The maximum absolute atomic E-state index is 13.1. The van der Waals surface area contributed by atoms with Crippen molar-refractivity contribution in [1.29, 1.82) is 0 Å². The third-order valence-corrected chi connectivity index (χ3v) is 5.33. The van der Waals surface area contributed by atoms with E-state index in [0.717, 1.165) is 31.6 Å². The molecule has 1 saturated carbocycles. The number of hydrogen-bond donors (Lipinski definition) is 1. The Balaban J connectivity index is 1.49. The zero-order valence-electron chi connectivity index (χ0n) is 12.5. The molecule has 2 atom stereocenters. The first-order valence-electron chi connectivity index (χ1n) is 7.91. The van der Waals surface area contributed by atoms with E-state index in [1.165, 1.54) is 17.7 Å². The average Bonchev–Trinajstić information content (AvgIpc) is 2.56. The molecule has 0 amide bonds. The second-order valence-electron chi connectivity index (χ2n) is 6.64. The molecule has 0 radical (unpaired) electrons. The molecule has 2 aliphatic heterocycles. The van der Waals surface area contributed by atoms with E-state index < -0.39 is 5.60 Å². The van der Waals surface area contributed by atoms with E-state index in [1.807, 2.05) is 6.07 Å². The number of nitrogens with zero attached hydrogens (tertiary/aromatic N) is 1. The average molecular weight is 297 g/mol. The second-order valence-corrected chi connectivity index (χ2v) is 6.64. The van der Waals surface area contributed by atoms with Crippen LogP contribution >= 0.6 is 0 Å². The van der Waals surface area contributed by atoms with Crippen molar-refractivity contribution in [2.24, 2.45) is 11.8 Å². The molecule has 5 rings (SSSR count). The van der Waals surface area contributed by atoms with Gasteiger partial charge in [0, 0.05) is 31.5 Å². The maximum Gasteiger partial charge on any atom is 0.123 e. The maximum atomic E-state index is 13.1. The van der Waals surface area contributed by atoms with Gasteiger partial charge < -0.3 is 5.11 Å². The minimum Gasteiger partial charge on any atom is -0.384 e. The molecule has 3 heteroatoms. The van der Waals surface area contributed by atoms with Crippen molar-refractivity contribution in [3.8, 4) is 0 Å². The van der Waals surface area contributed by atoms with Crippen LogP contribution in [0, 0.1) is 17.7 Å². The van der Waals surface area contributed by atoms with E-state index in [0.29, 0.717) is 0 Å². The van der Waals surface area contributed by atoms with Gasteiger partial charge in [0.2, 0.25) is 0 Å². The molecule has 2 nitrogen and oxygen atoms in total. The van der Waals surface area contributed by atoms with Crippen LogP contribution in [0.5, 0.6) is 0 Å². The van der Waals surface area contributed by atoms with E-state index in [2.05, 4.69) is 29.2 Å². The number of piperidine rings is 2. The SMILES string of the molecule is OC1(c2ccc(F)cc2)[C@@H]2C[C@@H]1CN(Cc1ccccc1)C2. The van der Waals surface area contributed by atoms with Gasteiger partial charge in [-0.3, -0.25) is 4.90 Å². The number of fused-ring (bicyclic) bond motifs is 2. The fraction of sp³-hybridized carbons (Fsp3) is 0.368. The molecular weight excluding hydrogens is 277 g/mol. The fourth-order valence-corrected chi connectivity index (χ4v) is 4.16. The molecule has 0 aromatic heterocycles. The first-order valence-corrected chi connectivity index (χ1v) is 7.91. The Kier molecular flexibility index (Phi) is 3.28. The number of benzene rings is 2. The quantitative estimate of drug-likeness (QED) is 0.940. The largest absolute Gasteiger partial charge is 0.384 e. The van der Waals surface area contributed by atoms with Crippen molar-refractivity contribution >= 4 is 0 Å². The van der Waals surface area contributed by atoms with Crippen molar-refractivity contribution in [2.45, 2.75) is 18.6 Å². The van der Waals surface area contributed by atoms with E-state index >= 15 is 0 Å². The summed E-state index contributed by atoms with van der Waals surface area (Å²) < 4.78 is 13.1. The van der Waals surface area contributed by atoms with Crippen molar-refractivity contribution in [3.63, 3.8) is 0 Å². The topological polar surface area (TPSA) is 23.5 Å². The van der Waals surface area contributed by atoms with Crippen LogP contribution in [0.4, 0.5) is 4.39 Å². The highest BCUT2D eigenvalue weighted by molar-refractivity contribution is 5.30. The normalized spacial score (nSPS) is 30.8. The summed E-state index contributed by atoms with van der Waals surface area (Å²) >= 11 is 0. The molecule has 22 heavy (non-hydrogen) atoms. The standard InChI is InChI=1S/C19H20FNO/c20-18-8-6-15(7-9-18)19(22)16-10-17(19)13-21(12-16)11-14-4-2-1-3-5-14/h1-9,16-17,22H,10-13H2/t16-,17-/m1/s1. The van der Waals surface area contributed by atoms with Crippen LogP contribution in [0.2, 0.25) is 0 Å². The summed E-state index contributed by atoms with van der Waals surface area (Å²) in [5.74, 6) is 0.253.